The lowest BCUT2D eigenvalue weighted by atomic mass is 10.1. The summed E-state index contributed by atoms with van der Waals surface area (Å²) in [6.07, 6.45) is 1.81. The molecular weight excluding hydrogens is 395 g/mol. The fourth-order valence-electron chi connectivity index (χ4n) is 2.85. The normalized spacial score (nSPS) is 15.2. The molecule has 1 aliphatic rings. The Morgan fingerprint density at radius 3 is 2.15 bits per heavy atom. The predicted octanol–water partition coefficient (Wildman–Crippen LogP) is 3.96. The third kappa shape index (κ3) is 4.20. The minimum Gasteiger partial charge on any atom is -0.326 e. The number of nitrogens with zero attached hydrogens (tertiary/aromatic N) is 1. The molecule has 5 nitrogen and oxygen atoms in total. The van der Waals surface area contributed by atoms with Gasteiger partial charge in [0.05, 0.1) is 11.3 Å². The van der Waals surface area contributed by atoms with E-state index in [9.17, 15) is 13.2 Å². The molecule has 0 saturated carbocycles. The van der Waals surface area contributed by atoms with Crippen molar-refractivity contribution >= 4 is 44.8 Å². The molecule has 1 fully saturated rings. The van der Waals surface area contributed by atoms with Crippen LogP contribution in [0.3, 0.4) is 0 Å². The Bertz CT molecular complexity index is 888. The molecule has 0 aromatic heterocycles. The number of hydrogen-bond acceptors (Lipinski definition) is 3. The number of amides is 1. The first-order valence-corrected chi connectivity index (χ1v) is 10.4. The third-order valence-electron chi connectivity index (χ3n) is 4.24. The van der Waals surface area contributed by atoms with Crippen molar-refractivity contribution in [2.24, 2.45) is 0 Å². The smallest absolute Gasteiger partial charge is 0.243 e. The molecule has 8 heteroatoms. The number of nitrogens with one attached hydrogen (secondary N) is 1. The monoisotopic (exact) mass is 412 g/mol. The van der Waals surface area contributed by atoms with E-state index in [0.29, 0.717) is 34.4 Å². The third-order valence-corrected chi connectivity index (χ3v) is 6.86. The lowest BCUT2D eigenvalue weighted by molar-refractivity contribution is -0.115. The van der Waals surface area contributed by atoms with E-state index < -0.39 is 10.0 Å². The highest BCUT2D eigenvalue weighted by Gasteiger charge is 2.26. The number of halogens is 2. The summed E-state index contributed by atoms with van der Waals surface area (Å²) >= 11 is 12.1. The van der Waals surface area contributed by atoms with Crippen LogP contribution < -0.4 is 5.32 Å². The average Bonchev–Trinajstić information content (AvgIpc) is 3.14. The summed E-state index contributed by atoms with van der Waals surface area (Å²) in [6, 6.07) is 11.2. The molecule has 3 rings (SSSR count). The number of anilines is 1. The Morgan fingerprint density at radius 2 is 1.58 bits per heavy atom. The number of carbonyl (C=O) groups is 1. The van der Waals surface area contributed by atoms with E-state index in [2.05, 4.69) is 5.32 Å². The summed E-state index contributed by atoms with van der Waals surface area (Å²) in [5.74, 6) is -0.282. The quantitative estimate of drug-likeness (QED) is 0.807. The molecule has 0 spiro atoms. The number of benzene rings is 2. The molecular formula is C18H18Cl2N2O3S. The average molecular weight is 413 g/mol. The van der Waals surface area contributed by atoms with Crippen LogP contribution in [0.2, 0.25) is 10.0 Å². The molecule has 2 aromatic carbocycles. The van der Waals surface area contributed by atoms with Crippen LogP contribution in [-0.4, -0.2) is 31.7 Å². The van der Waals surface area contributed by atoms with Gasteiger partial charge in [-0.15, -0.1) is 0 Å². The second kappa shape index (κ2) is 7.96. The Labute approximate surface area is 163 Å². The van der Waals surface area contributed by atoms with Crippen LogP contribution in [0, 0.1) is 0 Å². The summed E-state index contributed by atoms with van der Waals surface area (Å²) in [4.78, 5) is 12.5. The van der Waals surface area contributed by atoms with Gasteiger partial charge in [0, 0.05) is 28.8 Å². The molecule has 1 saturated heterocycles. The lowest BCUT2D eigenvalue weighted by Crippen LogP contribution is -2.27. The van der Waals surface area contributed by atoms with E-state index in [-0.39, 0.29) is 17.2 Å². The van der Waals surface area contributed by atoms with Gasteiger partial charge in [0.1, 0.15) is 0 Å². The van der Waals surface area contributed by atoms with Crippen LogP contribution in [0.1, 0.15) is 18.4 Å². The molecule has 0 radical (unpaired) electrons. The Balaban J connectivity index is 1.68. The molecule has 0 bridgehead atoms. The SMILES string of the molecule is O=C(Cc1c(Cl)cccc1Cl)Nc1ccc(S(=O)(=O)N2CCCC2)cc1. The molecule has 138 valence electrons. The van der Waals surface area contributed by atoms with Gasteiger partial charge >= 0.3 is 0 Å². The van der Waals surface area contributed by atoms with Crippen molar-refractivity contribution in [2.75, 3.05) is 18.4 Å². The van der Waals surface area contributed by atoms with Crippen molar-refractivity contribution in [1.82, 2.24) is 4.31 Å². The fraction of sp³-hybridized carbons (Fsp3) is 0.278. The Morgan fingerprint density at radius 1 is 1.00 bits per heavy atom. The van der Waals surface area contributed by atoms with Gasteiger partial charge in [-0.2, -0.15) is 4.31 Å². The standard InChI is InChI=1S/C18H18Cl2N2O3S/c19-16-4-3-5-17(20)15(16)12-18(23)21-13-6-8-14(9-7-13)26(24,25)22-10-1-2-11-22/h3-9H,1-2,10-12H2,(H,21,23). The van der Waals surface area contributed by atoms with E-state index in [4.69, 9.17) is 23.2 Å². The number of rotatable bonds is 5. The Hall–Kier alpha value is -1.60. The van der Waals surface area contributed by atoms with Gasteiger partial charge in [0.15, 0.2) is 0 Å². The molecule has 0 atom stereocenters. The van der Waals surface area contributed by atoms with E-state index >= 15 is 0 Å². The van der Waals surface area contributed by atoms with Gasteiger partial charge in [-0.25, -0.2) is 8.42 Å². The van der Waals surface area contributed by atoms with Crippen LogP contribution in [-0.2, 0) is 21.2 Å². The first-order chi connectivity index (χ1) is 12.4. The highest BCUT2D eigenvalue weighted by atomic mass is 35.5. The zero-order valence-corrected chi connectivity index (χ0v) is 16.2. The summed E-state index contributed by atoms with van der Waals surface area (Å²) in [7, 11) is -3.46. The van der Waals surface area contributed by atoms with Crippen molar-refractivity contribution in [3.63, 3.8) is 0 Å². The largest absolute Gasteiger partial charge is 0.326 e. The van der Waals surface area contributed by atoms with Crippen LogP contribution >= 0.6 is 23.2 Å². The van der Waals surface area contributed by atoms with Crippen molar-refractivity contribution in [2.45, 2.75) is 24.2 Å². The maximum atomic E-state index is 12.5. The topological polar surface area (TPSA) is 66.5 Å². The van der Waals surface area contributed by atoms with Crippen LogP contribution in [0.4, 0.5) is 5.69 Å². The highest BCUT2D eigenvalue weighted by molar-refractivity contribution is 7.89. The maximum Gasteiger partial charge on any atom is 0.243 e. The summed E-state index contributed by atoms with van der Waals surface area (Å²) in [5, 5.41) is 3.59. The van der Waals surface area contributed by atoms with Crippen LogP contribution in [0.5, 0.6) is 0 Å². The van der Waals surface area contributed by atoms with Crippen molar-refractivity contribution in [1.29, 1.82) is 0 Å². The van der Waals surface area contributed by atoms with Crippen LogP contribution in [0.25, 0.3) is 0 Å². The molecule has 2 aromatic rings. The molecule has 1 amide bonds. The van der Waals surface area contributed by atoms with Crippen molar-refractivity contribution < 1.29 is 13.2 Å². The zero-order chi connectivity index (χ0) is 18.7. The second-order valence-electron chi connectivity index (χ2n) is 6.06. The predicted molar refractivity (Wildman–Crippen MR) is 103 cm³/mol. The van der Waals surface area contributed by atoms with E-state index in [1.165, 1.54) is 16.4 Å². The van der Waals surface area contributed by atoms with Gasteiger partial charge in [0.2, 0.25) is 15.9 Å². The lowest BCUT2D eigenvalue weighted by Gasteiger charge is -2.15. The zero-order valence-electron chi connectivity index (χ0n) is 13.9. The Kier molecular flexibility index (Phi) is 5.87. The van der Waals surface area contributed by atoms with E-state index in [1.807, 2.05) is 0 Å². The maximum absolute atomic E-state index is 12.5. The van der Waals surface area contributed by atoms with Crippen LogP contribution in [0.15, 0.2) is 47.4 Å². The second-order valence-corrected chi connectivity index (χ2v) is 8.81. The molecule has 26 heavy (non-hydrogen) atoms. The van der Waals surface area contributed by atoms with Gasteiger partial charge in [-0.05, 0) is 54.8 Å². The number of hydrogen-bond donors (Lipinski definition) is 1. The summed E-state index contributed by atoms with van der Waals surface area (Å²) < 4.78 is 26.5. The minimum atomic E-state index is -3.46. The molecule has 1 heterocycles. The molecule has 1 N–H and O–H groups in total. The van der Waals surface area contributed by atoms with Crippen molar-refractivity contribution in [3.8, 4) is 0 Å². The molecule has 0 unspecified atom stereocenters. The van der Waals surface area contributed by atoms with E-state index in [0.717, 1.165) is 12.8 Å². The first kappa shape index (κ1) is 19.2. The summed E-state index contributed by atoms with van der Waals surface area (Å²) in [6.45, 7) is 1.11. The summed E-state index contributed by atoms with van der Waals surface area (Å²) in [5.41, 5.74) is 1.07. The highest BCUT2D eigenvalue weighted by Crippen LogP contribution is 2.25. The van der Waals surface area contributed by atoms with Gasteiger partial charge in [-0.3, -0.25) is 4.79 Å². The molecule has 0 aliphatic carbocycles. The van der Waals surface area contributed by atoms with Gasteiger partial charge in [0.25, 0.3) is 0 Å². The van der Waals surface area contributed by atoms with Gasteiger partial charge in [-0.1, -0.05) is 29.3 Å². The number of sulfonamides is 1. The number of carbonyl (C=O) groups excluding carboxylic acids is 1. The van der Waals surface area contributed by atoms with Gasteiger partial charge < -0.3 is 5.32 Å². The fourth-order valence-corrected chi connectivity index (χ4v) is 4.90. The van der Waals surface area contributed by atoms with E-state index in [1.54, 1.807) is 30.3 Å². The van der Waals surface area contributed by atoms with Crippen molar-refractivity contribution in [3.05, 3.63) is 58.1 Å². The molecule has 1 aliphatic heterocycles. The minimum absolute atomic E-state index is 0.0341. The first-order valence-electron chi connectivity index (χ1n) is 8.21.